The third-order valence-corrected chi connectivity index (χ3v) is 10.8. The van der Waals surface area contributed by atoms with Gasteiger partial charge in [-0.2, -0.15) is 0 Å². The van der Waals surface area contributed by atoms with Crippen molar-refractivity contribution in [1.82, 2.24) is 19.1 Å². The molecule has 4 aromatic heterocycles. The van der Waals surface area contributed by atoms with Gasteiger partial charge in [0.15, 0.2) is 0 Å². The second-order valence-electron chi connectivity index (χ2n) is 12.5. The van der Waals surface area contributed by atoms with E-state index in [-0.39, 0.29) is 48.3 Å². The van der Waals surface area contributed by atoms with Crippen LogP contribution in [0, 0.1) is 0 Å². The maximum atomic E-state index is 8.90. The fourth-order valence-corrected chi connectivity index (χ4v) is 8.60. The Labute approximate surface area is 308 Å². The molecule has 0 aliphatic carbocycles. The Morgan fingerprint density at radius 1 is 0.471 bits per heavy atom. The lowest BCUT2D eigenvalue weighted by Crippen LogP contribution is -1.95. The summed E-state index contributed by atoms with van der Waals surface area (Å²) in [5.41, 5.74) is 8.23. The lowest BCUT2D eigenvalue weighted by atomic mass is 10.0. The summed E-state index contributed by atoms with van der Waals surface area (Å²) in [5.74, 6) is 0. The summed E-state index contributed by atoms with van der Waals surface area (Å²) < 4.78 is 74.7. The Morgan fingerprint density at radius 3 is 1.75 bits per heavy atom. The quantitative estimate of drug-likeness (QED) is 0.186. The first kappa shape index (κ1) is 21.5. The van der Waals surface area contributed by atoms with Crippen molar-refractivity contribution in [3.63, 3.8) is 0 Å². The topological polar surface area (TPSA) is 35.6 Å². The number of rotatable bonds is 4. The van der Waals surface area contributed by atoms with Crippen LogP contribution in [-0.4, -0.2) is 19.1 Å². The van der Waals surface area contributed by atoms with Crippen molar-refractivity contribution in [1.29, 1.82) is 0 Å². The van der Waals surface area contributed by atoms with E-state index in [2.05, 4.69) is 18.2 Å². The minimum Gasteiger partial charge on any atom is -0.309 e. The van der Waals surface area contributed by atoms with Gasteiger partial charge in [0.2, 0.25) is 0 Å². The lowest BCUT2D eigenvalue weighted by molar-refractivity contribution is 1.18. The van der Waals surface area contributed by atoms with Gasteiger partial charge in [0, 0.05) is 48.6 Å². The largest absolute Gasteiger partial charge is 0.309 e. The van der Waals surface area contributed by atoms with Crippen molar-refractivity contribution < 1.29 is 11.0 Å². The van der Waals surface area contributed by atoms with Crippen molar-refractivity contribution in [3.8, 4) is 33.8 Å². The molecule has 0 atom stereocenters. The average Bonchev–Trinajstić information content (AvgIpc) is 3.94. The molecule has 0 radical (unpaired) electrons. The van der Waals surface area contributed by atoms with Gasteiger partial charge in [-0.15, -0.1) is 11.3 Å². The van der Waals surface area contributed by atoms with E-state index in [0.29, 0.717) is 21.8 Å². The van der Waals surface area contributed by atoms with E-state index >= 15 is 0 Å². The molecule has 4 heterocycles. The van der Waals surface area contributed by atoms with Crippen molar-refractivity contribution >= 4 is 75.3 Å². The Morgan fingerprint density at radius 2 is 1.06 bits per heavy atom. The molecule has 7 aromatic carbocycles. The highest BCUT2D eigenvalue weighted by molar-refractivity contribution is 7.26. The van der Waals surface area contributed by atoms with E-state index in [4.69, 9.17) is 20.9 Å². The molecular weight excluding hydrogens is 641 g/mol. The van der Waals surface area contributed by atoms with Gasteiger partial charge in [0.25, 0.3) is 0 Å². The van der Waals surface area contributed by atoms with Crippen LogP contribution in [0.3, 0.4) is 0 Å². The van der Waals surface area contributed by atoms with Crippen LogP contribution in [0.5, 0.6) is 0 Å². The molecule has 51 heavy (non-hydrogen) atoms. The van der Waals surface area contributed by atoms with E-state index in [1.54, 1.807) is 17.7 Å². The maximum Gasteiger partial charge on any atom is 0.116 e. The molecule has 0 N–H and O–H groups in total. The zero-order valence-electron chi connectivity index (χ0n) is 34.7. The second kappa shape index (κ2) is 11.0. The zero-order chi connectivity index (χ0) is 40.4. The Hall–Kier alpha value is -6.56. The number of para-hydroxylation sites is 4. The molecular formula is C46H28N4S. The first-order chi connectivity index (χ1) is 28.6. The second-order valence-corrected chi connectivity index (χ2v) is 13.5. The number of fused-ring (bicyclic) bond motifs is 9. The summed E-state index contributed by atoms with van der Waals surface area (Å²) in [6, 6.07) is 36.0. The molecule has 0 bridgehead atoms. The van der Waals surface area contributed by atoms with E-state index in [0.717, 1.165) is 75.9 Å². The van der Waals surface area contributed by atoms with Crippen LogP contribution in [-0.2, 0) is 0 Å². The minimum atomic E-state index is -0.279. The number of benzene rings is 7. The monoisotopic (exact) mass is 676 g/mol. The summed E-state index contributed by atoms with van der Waals surface area (Å²) in [5, 5.41) is 3.45. The highest BCUT2D eigenvalue weighted by atomic mass is 32.1. The van der Waals surface area contributed by atoms with Crippen molar-refractivity contribution in [2.75, 3.05) is 0 Å². The average molecular weight is 677 g/mol. The smallest absolute Gasteiger partial charge is 0.116 e. The maximum absolute atomic E-state index is 8.90. The van der Waals surface area contributed by atoms with Gasteiger partial charge in [-0.1, -0.05) is 103 Å². The van der Waals surface area contributed by atoms with Crippen LogP contribution in [0.1, 0.15) is 11.0 Å². The van der Waals surface area contributed by atoms with Gasteiger partial charge >= 0.3 is 0 Å². The summed E-state index contributed by atoms with van der Waals surface area (Å²) in [4.78, 5) is 9.56. The molecule has 0 aliphatic heterocycles. The van der Waals surface area contributed by atoms with Crippen molar-refractivity contribution in [2.45, 2.75) is 0 Å². The summed E-state index contributed by atoms with van der Waals surface area (Å²) >= 11 is 1.60. The van der Waals surface area contributed by atoms with Gasteiger partial charge in [-0.25, -0.2) is 9.97 Å². The lowest BCUT2D eigenvalue weighted by Gasteiger charge is -2.10. The normalized spacial score (nSPS) is 14.1. The third kappa shape index (κ3) is 4.25. The SMILES string of the molecule is [2H]c1c([2H])c([2H])c2c(c1[2H])c1ccccc1n2-c1cccc(-c2ccc3sc4c(-c5cccc(-n6c7ccccc7c7c([2H])c([2H])c([2H])c([2H])c76)c5)ncnc4c3c2)c1. The number of nitrogens with zero attached hydrogens (tertiary/aromatic N) is 4. The Balaban J connectivity index is 1.05. The van der Waals surface area contributed by atoms with Crippen molar-refractivity contribution in [2.24, 2.45) is 0 Å². The van der Waals surface area contributed by atoms with Crippen LogP contribution in [0.15, 0.2) is 170 Å². The highest BCUT2D eigenvalue weighted by Crippen LogP contribution is 2.41. The van der Waals surface area contributed by atoms with Crippen molar-refractivity contribution in [3.05, 3.63) is 170 Å². The summed E-state index contributed by atoms with van der Waals surface area (Å²) in [6.07, 6.45) is 1.57. The molecule has 0 amide bonds. The summed E-state index contributed by atoms with van der Waals surface area (Å²) in [6.45, 7) is 0. The molecule has 0 saturated carbocycles. The summed E-state index contributed by atoms with van der Waals surface area (Å²) in [7, 11) is 0. The number of aromatic nitrogens is 4. The van der Waals surface area contributed by atoms with Gasteiger partial charge in [-0.05, 0) is 71.7 Å². The van der Waals surface area contributed by atoms with E-state index < -0.39 is 0 Å². The first-order valence-electron chi connectivity index (χ1n) is 20.5. The molecule has 0 aliphatic rings. The van der Waals surface area contributed by atoms with Crippen LogP contribution < -0.4 is 0 Å². The molecule has 11 aromatic rings. The van der Waals surface area contributed by atoms with Crippen LogP contribution in [0.4, 0.5) is 0 Å². The molecule has 238 valence electrons. The minimum absolute atomic E-state index is 0.0578. The van der Waals surface area contributed by atoms with E-state index in [1.807, 2.05) is 106 Å². The van der Waals surface area contributed by atoms with Gasteiger partial charge in [0.1, 0.15) is 6.33 Å². The molecule has 0 unspecified atom stereocenters. The zero-order valence-corrected chi connectivity index (χ0v) is 27.6. The fourth-order valence-electron chi connectivity index (χ4n) is 7.45. The van der Waals surface area contributed by atoms with Gasteiger partial charge in [-0.3, -0.25) is 0 Å². The number of thiophene rings is 1. The predicted molar refractivity (Wildman–Crippen MR) is 214 cm³/mol. The number of hydrogen-bond acceptors (Lipinski definition) is 3. The van der Waals surface area contributed by atoms with Crippen LogP contribution >= 0.6 is 11.3 Å². The molecule has 11 rings (SSSR count). The van der Waals surface area contributed by atoms with Gasteiger partial charge < -0.3 is 9.13 Å². The fraction of sp³-hybridized carbons (Fsp3) is 0. The van der Waals surface area contributed by atoms with Gasteiger partial charge in [0.05, 0.1) is 48.9 Å². The molecule has 4 nitrogen and oxygen atoms in total. The van der Waals surface area contributed by atoms with Crippen LogP contribution in [0.25, 0.3) is 97.7 Å². The van der Waals surface area contributed by atoms with E-state index in [9.17, 15) is 0 Å². The Bertz CT molecular complexity index is 3630. The highest BCUT2D eigenvalue weighted by Gasteiger charge is 2.17. The first-order valence-corrected chi connectivity index (χ1v) is 17.3. The van der Waals surface area contributed by atoms with Crippen LogP contribution in [0.2, 0.25) is 0 Å². The predicted octanol–water partition coefficient (Wildman–Crippen LogP) is 12.4. The Kier molecular flexibility index (Phi) is 4.63. The molecule has 0 spiro atoms. The molecule has 0 fully saturated rings. The molecule has 0 saturated heterocycles. The standard InChI is InChI=1S/C46H28N4S/c1-5-19-39-34(15-1)35-16-2-6-20-40(35)49(39)32-13-9-11-29(25-32)30-23-24-43-38(27-30)45-46(51-43)44(47-28-48-45)31-12-10-14-33(26-31)50-41-21-7-3-17-36(41)37-18-4-8-22-42(37)50/h1-28H/i1D,3D,5D,7D,15D,17D,19D,21D. The molecule has 5 heteroatoms. The van der Waals surface area contributed by atoms with E-state index in [1.165, 1.54) is 0 Å². The third-order valence-electron chi connectivity index (χ3n) is 9.68. The number of hydrogen-bond donors (Lipinski definition) is 0.